The van der Waals surface area contributed by atoms with E-state index in [0.717, 1.165) is 0 Å². The fourth-order valence-electron chi connectivity index (χ4n) is 2.34. The Kier molecular flexibility index (Phi) is 3.98. The maximum Gasteiger partial charge on any atom is -0.0167 e. The molecule has 0 saturated carbocycles. The SMILES string of the molecule is CCC(CC)c1ccc(-c2ccccc2)cc1. The number of rotatable bonds is 4. The minimum absolute atomic E-state index is 0.708. The first kappa shape index (κ1) is 11.9. The molecule has 0 heteroatoms. The van der Waals surface area contributed by atoms with Crippen molar-refractivity contribution in [2.75, 3.05) is 0 Å². The lowest BCUT2D eigenvalue weighted by atomic mass is 9.92. The van der Waals surface area contributed by atoms with Crippen molar-refractivity contribution in [2.45, 2.75) is 32.6 Å². The summed E-state index contributed by atoms with van der Waals surface area (Å²) in [6, 6.07) is 19.6. The number of benzene rings is 2. The summed E-state index contributed by atoms with van der Waals surface area (Å²) in [6.07, 6.45) is 2.45. The Hall–Kier alpha value is -1.56. The minimum Gasteiger partial charge on any atom is -0.0648 e. The van der Waals surface area contributed by atoms with E-state index in [4.69, 9.17) is 0 Å². The second kappa shape index (κ2) is 5.67. The van der Waals surface area contributed by atoms with E-state index in [9.17, 15) is 0 Å². The molecular formula is C17H20. The fraction of sp³-hybridized carbons (Fsp3) is 0.294. The van der Waals surface area contributed by atoms with E-state index in [1.165, 1.54) is 29.5 Å². The summed E-state index contributed by atoms with van der Waals surface area (Å²) < 4.78 is 0. The molecule has 0 aliphatic heterocycles. The topological polar surface area (TPSA) is 0 Å². The second-order valence-corrected chi connectivity index (χ2v) is 4.50. The highest BCUT2D eigenvalue weighted by Gasteiger charge is 2.06. The van der Waals surface area contributed by atoms with Gasteiger partial charge in [-0.3, -0.25) is 0 Å². The van der Waals surface area contributed by atoms with Gasteiger partial charge < -0.3 is 0 Å². The lowest BCUT2D eigenvalue weighted by Gasteiger charge is -2.13. The van der Waals surface area contributed by atoms with E-state index in [-0.39, 0.29) is 0 Å². The molecule has 0 aliphatic rings. The first-order valence-electron chi connectivity index (χ1n) is 6.50. The van der Waals surface area contributed by atoms with E-state index in [2.05, 4.69) is 68.4 Å². The molecule has 0 bridgehead atoms. The Balaban J connectivity index is 2.24. The van der Waals surface area contributed by atoms with Crippen LogP contribution < -0.4 is 0 Å². The third-order valence-corrected chi connectivity index (χ3v) is 3.47. The van der Waals surface area contributed by atoms with Gasteiger partial charge in [-0.05, 0) is 35.4 Å². The van der Waals surface area contributed by atoms with Crippen molar-refractivity contribution in [3.63, 3.8) is 0 Å². The lowest BCUT2D eigenvalue weighted by Crippen LogP contribution is -1.94. The third kappa shape index (κ3) is 2.76. The van der Waals surface area contributed by atoms with Crippen molar-refractivity contribution in [1.82, 2.24) is 0 Å². The standard InChI is InChI=1S/C17H20/c1-3-14(4-2)16-10-12-17(13-11-16)15-8-6-5-7-9-15/h5-14H,3-4H2,1-2H3. The normalized spacial score (nSPS) is 10.8. The molecule has 0 fully saturated rings. The maximum absolute atomic E-state index is 2.28. The van der Waals surface area contributed by atoms with Crippen LogP contribution in [0.4, 0.5) is 0 Å². The highest BCUT2D eigenvalue weighted by atomic mass is 14.1. The zero-order chi connectivity index (χ0) is 12.1. The van der Waals surface area contributed by atoms with Crippen molar-refractivity contribution in [2.24, 2.45) is 0 Å². The Labute approximate surface area is 104 Å². The Bertz CT molecular complexity index is 435. The predicted molar refractivity (Wildman–Crippen MR) is 75.2 cm³/mol. The van der Waals surface area contributed by atoms with Gasteiger partial charge in [0.2, 0.25) is 0 Å². The highest BCUT2D eigenvalue weighted by molar-refractivity contribution is 5.63. The Morgan fingerprint density at radius 3 is 1.76 bits per heavy atom. The zero-order valence-electron chi connectivity index (χ0n) is 10.7. The molecule has 0 unspecified atom stereocenters. The summed E-state index contributed by atoms with van der Waals surface area (Å²) >= 11 is 0. The van der Waals surface area contributed by atoms with Gasteiger partial charge in [0.25, 0.3) is 0 Å². The first-order chi connectivity index (χ1) is 8.35. The molecule has 0 amide bonds. The highest BCUT2D eigenvalue weighted by Crippen LogP contribution is 2.26. The largest absolute Gasteiger partial charge is 0.0648 e. The van der Waals surface area contributed by atoms with Crippen LogP contribution in [-0.2, 0) is 0 Å². The van der Waals surface area contributed by atoms with Gasteiger partial charge in [0, 0.05) is 0 Å². The van der Waals surface area contributed by atoms with Crippen molar-refractivity contribution in [3.8, 4) is 11.1 Å². The molecule has 0 aliphatic carbocycles. The maximum atomic E-state index is 2.28. The molecule has 0 atom stereocenters. The quantitative estimate of drug-likeness (QED) is 0.664. The van der Waals surface area contributed by atoms with Crippen LogP contribution in [0.15, 0.2) is 54.6 Å². The lowest BCUT2D eigenvalue weighted by molar-refractivity contribution is 0.642. The van der Waals surface area contributed by atoms with Crippen LogP contribution in [0.25, 0.3) is 11.1 Å². The minimum atomic E-state index is 0.708. The summed E-state index contributed by atoms with van der Waals surface area (Å²) in [7, 11) is 0. The van der Waals surface area contributed by atoms with Crippen LogP contribution >= 0.6 is 0 Å². The van der Waals surface area contributed by atoms with Gasteiger partial charge in [-0.2, -0.15) is 0 Å². The monoisotopic (exact) mass is 224 g/mol. The number of hydrogen-bond donors (Lipinski definition) is 0. The van der Waals surface area contributed by atoms with E-state index < -0.39 is 0 Å². The predicted octanol–water partition coefficient (Wildman–Crippen LogP) is 5.26. The van der Waals surface area contributed by atoms with Gasteiger partial charge >= 0.3 is 0 Å². The molecule has 2 aromatic carbocycles. The smallest absolute Gasteiger partial charge is 0.0167 e. The van der Waals surface area contributed by atoms with Gasteiger partial charge in [0.1, 0.15) is 0 Å². The van der Waals surface area contributed by atoms with Crippen molar-refractivity contribution in [3.05, 3.63) is 60.2 Å². The zero-order valence-corrected chi connectivity index (χ0v) is 10.7. The van der Waals surface area contributed by atoms with E-state index in [0.29, 0.717) is 5.92 Å². The van der Waals surface area contributed by atoms with Crippen LogP contribution in [0.2, 0.25) is 0 Å². The first-order valence-corrected chi connectivity index (χ1v) is 6.50. The molecule has 0 radical (unpaired) electrons. The third-order valence-electron chi connectivity index (χ3n) is 3.47. The number of hydrogen-bond acceptors (Lipinski definition) is 0. The molecule has 0 nitrogen and oxygen atoms in total. The summed E-state index contributed by atoms with van der Waals surface area (Å²) in [5.74, 6) is 0.708. The Morgan fingerprint density at radius 2 is 1.24 bits per heavy atom. The molecule has 17 heavy (non-hydrogen) atoms. The molecule has 0 aromatic heterocycles. The van der Waals surface area contributed by atoms with Gasteiger partial charge in [-0.15, -0.1) is 0 Å². The van der Waals surface area contributed by atoms with Crippen LogP contribution in [0.3, 0.4) is 0 Å². The van der Waals surface area contributed by atoms with E-state index in [1.807, 2.05) is 0 Å². The van der Waals surface area contributed by atoms with Crippen LogP contribution in [0.1, 0.15) is 38.2 Å². The second-order valence-electron chi connectivity index (χ2n) is 4.50. The van der Waals surface area contributed by atoms with Crippen LogP contribution in [0.5, 0.6) is 0 Å². The summed E-state index contributed by atoms with van der Waals surface area (Å²) in [6.45, 7) is 4.53. The van der Waals surface area contributed by atoms with Gasteiger partial charge in [0.15, 0.2) is 0 Å². The van der Waals surface area contributed by atoms with Crippen molar-refractivity contribution >= 4 is 0 Å². The molecule has 2 aromatic rings. The molecule has 88 valence electrons. The molecule has 0 spiro atoms. The molecule has 0 N–H and O–H groups in total. The summed E-state index contributed by atoms with van der Waals surface area (Å²) in [5.41, 5.74) is 4.07. The average molecular weight is 224 g/mol. The average Bonchev–Trinajstić information content (AvgIpc) is 2.42. The van der Waals surface area contributed by atoms with Gasteiger partial charge in [0.05, 0.1) is 0 Å². The molecule has 0 heterocycles. The van der Waals surface area contributed by atoms with Crippen LogP contribution in [-0.4, -0.2) is 0 Å². The van der Waals surface area contributed by atoms with E-state index >= 15 is 0 Å². The van der Waals surface area contributed by atoms with Gasteiger partial charge in [-0.25, -0.2) is 0 Å². The molecule has 2 rings (SSSR count). The summed E-state index contributed by atoms with van der Waals surface area (Å²) in [4.78, 5) is 0. The summed E-state index contributed by atoms with van der Waals surface area (Å²) in [5, 5.41) is 0. The van der Waals surface area contributed by atoms with Crippen molar-refractivity contribution in [1.29, 1.82) is 0 Å². The Morgan fingerprint density at radius 1 is 0.706 bits per heavy atom. The van der Waals surface area contributed by atoms with Crippen molar-refractivity contribution < 1.29 is 0 Å². The van der Waals surface area contributed by atoms with Gasteiger partial charge in [-0.1, -0.05) is 68.4 Å². The van der Waals surface area contributed by atoms with E-state index in [1.54, 1.807) is 0 Å². The molecule has 0 saturated heterocycles. The molecular weight excluding hydrogens is 204 g/mol. The fourth-order valence-corrected chi connectivity index (χ4v) is 2.34. The van der Waals surface area contributed by atoms with Crippen LogP contribution in [0, 0.1) is 0 Å².